The van der Waals surface area contributed by atoms with E-state index in [2.05, 4.69) is 0 Å². The van der Waals surface area contributed by atoms with Crippen molar-refractivity contribution in [2.24, 2.45) is 5.73 Å². The summed E-state index contributed by atoms with van der Waals surface area (Å²) in [7, 11) is 3.01. The van der Waals surface area contributed by atoms with Crippen LogP contribution in [0.25, 0.3) is 0 Å². The third kappa shape index (κ3) is 1.77. The molecule has 0 amide bonds. The van der Waals surface area contributed by atoms with Crippen molar-refractivity contribution in [3.63, 3.8) is 0 Å². The number of benzene rings is 1. The van der Waals surface area contributed by atoms with E-state index in [4.69, 9.17) is 15.2 Å². The van der Waals surface area contributed by atoms with Crippen LogP contribution >= 0.6 is 0 Å². The van der Waals surface area contributed by atoms with Gasteiger partial charge in [0.2, 0.25) is 0 Å². The highest BCUT2D eigenvalue weighted by atomic mass is 19.1. The molecule has 4 heteroatoms. The quantitative estimate of drug-likeness (QED) is 0.834. The average Bonchev–Trinajstić information content (AvgIpc) is 2.25. The molecule has 0 radical (unpaired) electrons. The van der Waals surface area contributed by atoms with Crippen LogP contribution in [0, 0.1) is 19.7 Å². The van der Waals surface area contributed by atoms with Gasteiger partial charge in [-0.05, 0) is 19.4 Å². The standard InChI is InChI=1S/C11H16FNO2/c1-6-8(5-13)11(15-4)10(14-3)7(2)9(6)12/h5,13H2,1-4H3. The van der Waals surface area contributed by atoms with Crippen LogP contribution in [0.2, 0.25) is 0 Å². The monoisotopic (exact) mass is 213 g/mol. The first-order valence-corrected chi connectivity index (χ1v) is 4.68. The lowest BCUT2D eigenvalue weighted by Crippen LogP contribution is -2.08. The van der Waals surface area contributed by atoms with Gasteiger partial charge in [-0.2, -0.15) is 0 Å². The van der Waals surface area contributed by atoms with Crippen LogP contribution in [0.5, 0.6) is 11.5 Å². The van der Waals surface area contributed by atoms with E-state index in [1.165, 1.54) is 14.2 Å². The number of halogens is 1. The summed E-state index contributed by atoms with van der Waals surface area (Å²) >= 11 is 0. The summed E-state index contributed by atoms with van der Waals surface area (Å²) in [5.41, 5.74) is 7.19. The molecule has 1 aromatic rings. The van der Waals surface area contributed by atoms with Gasteiger partial charge < -0.3 is 15.2 Å². The number of ether oxygens (including phenoxy) is 2. The summed E-state index contributed by atoms with van der Waals surface area (Å²) in [5.74, 6) is 0.658. The number of hydrogen-bond acceptors (Lipinski definition) is 3. The first kappa shape index (κ1) is 11.8. The smallest absolute Gasteiger partial charge is 0.166 e. The lowest BCUT2D eigenvalue weighted by atomic mass is 10.0. The van der Waals surface area contributed by atoms with E-state index < -0.39 is 0 Å². The molecule has 1 aromatic carbocycles. The minimum atomic E-state index is -0.284. The Hall–Kier alpha value is -1.29. The molecule has 0 bridgehead atoms. The van der Waals surface area contributed by atoms with Crippen molar-refractivity contribution in [3.8, 4) is 11.5 Å². The summed E-state index contributed by atoms with van der Waals surface area (Å²) in [4.78, 5) is 0. The van der Waals surface area contributed by atoms with Gasteiger partial charge in [0.05, 0.1) is 14.2 Å². The Morgan fingerprint density at radius 2 is 1.60 bits per heavy atom. The molecule has 2 N–H and O–H groups in total. The molecule has 1 rings (SSSR count). The molecule has 0 spiro atoms. The minimum absolute atomic E-state index is 0.225. The molecule has 3 nitrogen and oxygen atoms in total. The van der Waals surface area contributed by atoms with Gasteiger partial charge in [-0.1, -0.05) is 0 Å². The highest BCUT2D eigenvalue weighted by Gasteiger charge is 2.20. The third-order valence-electron chi connectivity index (χ3n) is 2.54. The second-order valence-corrected chi connectivity index (χ2v) is 3.31. The highest BCUT2D eigenvalue weighted by molar-refractivity contribution is 5.55. The highest BCUT2D eigenvalue weighted by Crippen LogP contribution is 2.38. The maximum atomic E-state index is 13.8. The Labute approximate surface area is 89.0 Å². The predicted octanol–water partition coefficient (Wildman–Crippen LogP) is 1.92. The topological polar surface area (TPSA) is 44.5 Å². The molecule has 0 fully saturated rings. The number of methoxy groups -OCH3 is 2. The van der Waals surface area contributed by atoms with Gasteiger partial charge in [0.15, 0.2) is 11.5 Å². The van der Waals surface area contributed by atoms with Gasteiger partial charge in [-0.25, -0.2) is 4.39 Å². The van der Waals surface area contributed by atoms with E-state index in [0.717, 1.165) is 0 Å². The second-order valence-electron chi connectivity index (χ2n) is 3.31. The zero-order valence-corrected chi connectivity index (χ0v) is 9.48. The van der Waals surface area contributed by atoms with Crippen molar-refractivity contribution >= 4 is 0 Å². The first-order chi connectivity index (χ1) is 7.08. The van der Waals surface area contributed by atoms with Gasteiger partial charge in [0.1, 0.15) is 5.82 Å². The van der Waals surface area contributed by atoms with Gasteiger partial charge in [0, 0.05) is 17.7 Å². The van der Waals surface area contributed by atoms with Gasteiger partial charge >= 0.3 is 0 Å². The van der Waals surface area contributed by atoms with Crippen LogP contribution < -0.4 is 15.2 Å². The van der Waals surface area contributed by atoms with Crippen LogP contribution in [0.15, 0.2) is 0 Å². The predicted molar refractivity (Wildman–Crippen MR) is 56.9 cm³/mol. The maximum Gasteiger partial charge on any atom is 0.166 e. The second kappa shape index (κ2) is 4.49. The molecule has 0 heterocycles. The third-order valence-corrected chi connectivity index (χ3v) is 2.54. The fraction of sp³-hybridized carbons (Fsp3) is 0.455. The molecule has 0 atom stereocenters. The Bertz CT molecular complexity index is 346. The maximum absolute atomic E-state index is 13.8. The van der Waals surface area contributed by atoms with Crippen LogP contribution in [-0.2, 0) is 6.54 Å². The molecule has 0 saturated carbocycles. The Morgan fingerprint density at radius 1 is 1.07 bits per heavy atom. The van der Waals surface area contributed by atoms with E-state index >= 15 is 0 Å². The summed E-state index contributed by atoms with van der Waals surface area (Å²) in [6.07, 6.45) is 0. The van der Waals surface area contributed by atoms with Crippen molar-refractivity contribution in [3.05, 3.63) is 22.5 Å². The van der Waals surface area contributed by atoms with Gasteiger partial charge in [0.25, 0.3) is 0 Å². The lowest BCUT2D eigenvalue weighted by molar-refractivity contribution is 0.345. The van der Waals surface area contributed by atoms with Crippen LogP contribution in [0.3, 0.4) is 0 Å². The molecular weight excluding hydrogens is 197 g/mol. The first-order valence-electron chi connectivity index (χ1n) is 4.68. The molecule has 0 unspecified atom stereocenters. The number of nitrogens with two attached hydrogens (primary N) is 1. The van der Waals surface area contributed by atoms with Crippen molar-refractivity contribution < 1.29 is 13.9 Å². The normalized spacial score (nSPS) is 10.3. The lowest BCUT2D eigenvalue weighted by Gasteiger charge is -2.17. The van der Waals surface area contributed by atoms with E-state index in [1.807, 2.05) is 0 Å². The van der Waals surface area contributed by atoms with Crippen molar-refractivity contribution in [2.45, 2.75) is 20.4 Å². The zero-order valence-electron chi connectivity index (χ0n) is 9.48. The fourth-order valence-corrected chi connectivity index (χ4v) is 1.70. The van der Waals surface area contributed by atoms with E-state index in [-0.39, 0.29) is 12.4 Å². The van der Waals surface area contributed by atoms with E-state index in [1.54, 1.807) is 13.8 Å². The summed E-state index contributed by atoms with van der Waals surface area (Å²) in [6.45, 7) is 3.57. The summed E-state index contributed by atoms with van der Waals surface area (Å²) < 4.78 is 24.1. The fourth-order valence-electron chi connectivity index (χ4n) is 1.70. The molecule has 0 saturated heterocycles. The van der Waals surface area contributed by atoms with Gasteiger partial charge in [-0.3, -0.25) is 0 Å². The number of rotatable bonds is 3. The minimum Gasteiger partial charge on any atom is -0.492 e. The number of hydrogen-bond donors (Lipinski definition) is 1. The van der Waals surface area contributed by atoms with Crippen molar-refractivity contribution in [1.29, 1.82) is 0 Å². The van der Waals surface area contributed by atoms with Crippen LogP contribution in [-0.4, -0.2) is 14.2 Å². The van der Waals surface area contributed by atoms with Crippen molar-refractivity contribution in [1.82, 2.24) is 0 Å². The Morgan fingerprint density at radius 3 is 2.00 bits per heavy atom. The molecule has 0 aromatic heterocycles. The zero-order chi connectivity index (χ0) is 11.6. The van der Waals surface area contributed by atoms with Crippen LogP contribution in [0.4, 0.5) is 4.39 Å². The molecule has 0 aliphatic rings. The van der Waals surface area contributed by atoms with Crippen LogP contribution in [0.1, 0.15) is 16.7 Å². The van der Waals surface area contributed by atoms with E-state index in [9.17, 15) is 4.39 Å². The Balaban J connectivity index is 3.59. The molecule has 0 aliphatic heterocycles. The Kier molecular flexibility index (Phi) is 3.52. The molecular formula is C11H16FNO2. The molecule has 15 heavy (non-hydrogen) atoms. The summed E-state index contributed by atoms with van der Waals surface area (Å²) in [6, 6.07) is 0. The SMILES string of the molecule is COc1c(C)c(F)c(C)c(CN)c1OC. The largest absolute Gasteiger partial charge is 0.492 e. The van der Waals surface area contributed by atoms with Crippen molar-refractivity contribution in [2.75, 3.05) is 14.2 Å². The van der Waals surface area contributed by atoms with E-state index in [0.29, 0.717) is 28.2 Å². The summed E-state index contributed by atoms with van der Waals surface area (Å²) in [5, 5.41) is 0. The molecule has 0 aliphatic carbocycles. The average molecular weight is 213 g/mol. The molecule has 84 valence electrons. The van der Waals surface area contributed by atoms with Gasteiger partial charge in [-0.15, -0.1) is 0 Å².